The molecule has 1 saturated heterocycles. The normalized spacial score (nSPS) is 18.8. The molecule has 4 rings (SSSR count). The highest BCUT2D eigenvalue weighted by molar-refractivity contribution is 7.15. The molecule has 3 heterocycles. The maximum Gasteiger partial charge on any atom is 0.191 e. The lowest BCUT2D eigenvalue weighted by Crippen LogP contribution is -2.18. The SMILES string of the molecule is Cc1cc(C(O)c2ccc(Cl)cc2)c(-c2ncn(C3CCCCO3)n2)s1. The third kappa shape index (κ3) is 3.55. The number of rotatable bonds is 4. The van der Waals surface area contributed by atoms with Gasteiger partial charge in [0.1, 0.15) is 12.4 Å². The largest absolute Gasteiger partial charge is 0.384 e. The Morgan fingerprint density at radius 2 is 2.12 bits per heavy atom. The number of benzene rings is 1. The third-order valence-corrected chi connectivity index (χ3v) is 5.84. The summed E-state index contributed by atoms with van der Waals surface area (Å²) in [6.07, 6.45) is 4.12. The van der Waals surface area contributed by atoms with Crippen LogP contribution in [0.2, 0.25) is 5.02 Å². The first-order valence-corrected chi connectivity index (χ1v) is 9.88. The van der Waals surface area contributed by atoms with Gasteiger partial charge >= 0.3 is 0 Å². The number of nitrogens with zero attached hydrogens (tertiary/aromatic N) is 3. The van der Waals surface area contributed by atoms with Gasteiger partial charge in [-0.15, -0.1) is 16.4 Å². The summed E-state index contributed by atoms with van der Waals surface area (Å²) in [5.41, 5.74) is 1.61. The van der Waals surface area contributed by atoms with Crippen LogP contribution in [0.15, 0.2) is 36.7 Å². The quantitative estimate of drug-likeness (QED) is 0.699. The molecule has 0 bridgehead atoms. The highest BCUT2D eigenvalue weighted by Gasteiger charge is 2.23. The fourth-order valence-electron chi connectivity index (χ4n) is 3.19. The van der Waals surface area contributed by atoms with Gasteiger partial charge in [0.2, 0.25) is 0 Å². The zero-order valence-electron chi connectivity index (χ0n) is 14.4. The van der Waals surface area contributed by atoms with Crippen LogP contribution < -0.4 is 0 Å². The highest BCUT2D eigenvalue weighted by Crippen LogP contribution is 2.37. The Morgan fingerprint density at radius 1 is 1.31 bits per heavy atom. The Bertz CT molecular complexity index is 885. The zero-order valence-corrected chi connectivity index (χ0v) is 16.0. The molecule has 2 atom stereocenters. The summed E-state index contributed by atoms with van der Waals surface area (Å²) in [6, 6.07) is 9.24. The van der Waals surface area contributed by atoms with Gasteiger partial charge in [0.05, 0.1) is 4.88 Å². The van der Waals surface area contributed by atoms with Crippen LogP contribution in [0, 0.1) is 6.92 Å². The molecule has 3 aromatic rings. The van der Waals surface area contributed by atoms with Crippen LogP contribution in [0.1, 0.15) is 47.6 Å². The Kier molecular flexibility index (Phi) is 5.09. The Morgan fingerprint density at radius 3 is 2.85 bits per heavy atom. The molecule has 2 aromatic heterocycles. The molecule has 7 heteroatoms. The molecular weight excluding hydrogens is 370 g/mol. The van der Waals surface area contributed by atoms with Gasteiger partial charge in [0.25, 0.3) is 0 Å². The van der Waals surface area contributed by atoms with Crippen LogP contribution in [0.4, 0.5) is 0 Å². The van der Waals surface area contributed by atoms with Crippen molar-refractivity contribution in [3.05, 3.63) is 57.7 Å². The van der Waals surface area contributed by atoms with E-state index in [0.29, 0.717) is 10.8 Å². The van der Waals surface area contributed by atoms with Crippen LogP contribution in [0.5, 0.6) is 0 Å². The third-order valence-electron chi connectivity index (χ3n) is 4.53. The fraction of sp³-hybridized carbons (Fsp3) is 0.368. The molecule has 1 aliphatic rings. The standard InChI is InChI=1S/C19H20ClN3O2S/c1-12-10-15(17(24)13-5-7-14(20)8-6-13)18(26-12)19-21-11-23(22-19)16-4-2-3-9-25-16/h5-8,10-11,16-17,24H,2-4,9H2,1H3. The molecule has 136 valence electrons. The van der Waals surface area contributed by atoms with E-state index in [1.165, 1.54) is 0 Å². The number of hydrogen-bond donors (Lipinski definition) is 1. The molecular formula is C19H20ClN3O2S. The summed E-state index contributed by atoms with van der Waals surface area (Å²) < 4.78 is 7.57. The van der Waals surface area contributed by atoms with Gasteiger partial charge in [-0.2, -0.15) is 0 Å². The van der Waals surface area contributed by atoms with Crippen molar-refractivity contribution in [2.75, 3.05) is 6.61 Å². The molecule has 0 aliphatic carbocycles. The van der Waals surface area contributed by atoms with Crippen LogP contribution >= 0.6 is 22.9 Å². The number of thiophene rings is 1. The lowest BCUT2D eigenvalue weighted by Gasteiger charge is -2.22. The average Bonchev–Trinajstić information content (AvgIpc) is 3.29. The summed E-state index contributed by atoms with van der Waals surface area (Å²) in [4.78, 5) is 6.47. The minimum Gasteiger partial charge on any atom is -0.384 e. The van der Waals surface area contributed by atoms with E-state index in [0.717, 1.165) is 46.8 Å². The zero-order chi connectivity index (χ0) is 18.1. The first-order valence-electron chi connectivity index (χ1n) is 8.69. The number of aliphatic hydroxyl groups excluding tert-OH is 1. The van der Waals surface area contributed by atoms with E-state index in [1.807, 2.05) is 25.1 Å². The molecule has 0 saturated carbocycles. The molecule has 1 fully saturated rings. The number of aliphatic hydroxyl groups is 1. The number of halogens is 1. The summed E-state index contributed by atoms with van der Waals surface area (Å²) >= 11 is 7.54. The maximum atomic E-state index is 10.9. The molecule has 1 N–H and O–H groups in total. The molecule has 0 spiro atoms. The van der Waals surface area contributed by atoms with Crippen LogP contribution in [0.3, 0.4) is 0 Å². The Hall–Kier alpha value is -1.73. The second-order valence-corrected chi connectivity index (χ2v) is 8.16. The van der Waals surface area contributed by atoms with Gasteiger partial charge in [-0.25, -0.2) is 9.67 Å². The molecule has 2 unspecified atom stereocenters. The number of ether oxygens (including phenoxy) is 1. The second-order valence-electron chi connectivity index (χ2n) is 6.47. The number of aromatic nitrogens is 3. The van der Waals surface area contributed by atoms with Crippen molar-refractivity contribution < 1.29 is 9.84 Å². The summed E-state index contributed by atoms with van der Waals surface area (Å²) in [5, 5.41) is 16.1. The van der Waals surface area contributed by atoms with Gasteiger partial charge in [-0.1, -0.05) is 23.7 Å². The van der Waals surface area contributed by atoms with Crippen LogP contribution in [0.25, 0.3) is 10.7 Å². The molecule has 0 radical (unpaired) electrons. The minimum absolute atomic E-state index is 0.0457. The van der Waals surface area contributed by atoms with E-state index in [2.05, 4.69) is 10.1 Å². The number of aryl methyl sites for hydroxylation is 1. The van der Waals surface area contributed by atoms with Gasteiger partial charge < -0.3 is 9.84 Å². The van der Waals surface area contributed by atoms with E-state index in [1.54, 1.807) is 34.5 Å². The van der Waals surface area contributed by atoms with Crippen molar-refractivity contribution in [2.24, 2.45) is 0 Å². The molecule has 0 amide bonds. The van der Waals surface area contributed by atoms with Gasteiger partial charge in [-0.3, -0.25) is 0 Å². The van der Waals surface area contributed by atoms with Crippen LogP contribution in [-0.4, -0.2) is 26.5 Å². The Labute approximate surface area is 161 Å². The lowest BCUT2D eigenvalue weighted by atomic mass is 10.0. The van der Waals surface area contributed by atoms with E-state index in [9.17, 15) is 5.11 Å². The van der Waals surface area contributed by atoms with E-state index < -0.39 is 6.10 Å². The van der Waals surface area contributed by atoms with E-state index >= 15 is 0 Å². The number of hydrogen-bond acceptors (Lipinski definition) is 5. The van der Waals surface area contributed by atoms with Gasteiger partial charge in [0.15, 0.2) is 12.1 Å². The highest BCUT2D eigenvalue weighted by atomic mass is 35.5. The van der Waals surface area contributed by atoms with Crippen molar-refractivity contribution in [1.29, 1.82) is 0 Å². The minimum atomic E-state index is -0.745. The van der Waals surface area contributed by atoms with Crippen molar-refractivity contribution in [3.63, 3.8) is 0 Å². The van der Waals surface area contributed by atoms with Crippen molar-refractivity contribution in [3.8, 4) is 10.7 Å². The molecule has 1 aromatic carbocycles. The molecule has 1 aliphatic heterocycles. The lowest BCUT2D eigenvalue weighted by molar-refractivity contribution is -0.0395. The smallest absolute Gasteiger partial charge is 0.191 e. The average molecular weight is 390 g/mol. The van der Waals surface area contributed by atoms with E-state index in [-0.39, 0.29) is 6.23 Å². The molecule has 26 heavy (non-hydrogen) atoms. The molecule has 5 nitrogen and oxygen atoms in total. The second kappa shape index (κ2) is 7.48. The van der Waals surface area contributed by atoms with Crippen molar-refractivity contribution in [2.45, 2.75) is 38.5 Å². The topological polar surface area (TPSA) is 60.2 Å². The van der Waals surface area contributed by atoms with Gasteiger partial charge in [0, 0.05) is 22.1 Å². The maximum absolute atomic E-state index is 10.9. The van der Waals surface area contributed by atoms with Crippen LogP contribution in [-0.2, 0) is 4.74 Å². The Balaban J connectivity index is 1.65. The summed E-state index contributed by atoms with van der Waals surface area (Å²) in [7, 11) is 0. The first kappa shape index (κ1) is 17.7. The summed E-state index contributed by atoms with van der Waals surface area (Å²) in [6.45, 7) is 2.78. The van der Waals surface area contributed by atoms with Gasteiger partial charge in [-0.05, 0) is 49.9 Å². The monoisotopic (exact) mass is 389 g/mol. The first-order chi connectivity index (χ1) is 12.6. The predicted octanol–water partition coefficient (Wildman–Crippen LogP) is 4.75. The summed E-state index contributed by atoms with van der Waals surface area (Å²) in [5.74, 6) is 0.625. The predicted molar refractivity (Wildman–Crippen MR) is 102 cm³/mol. The van der Waals surface area contributed by atoms with E-state index in [4.69, 9.17) is 16.3 Å². The van der Waals surface area contributed by atoms with Crippen molar-refractivity contribution >= 4 is 22.9 Å². The van der Waals surface area contributed by atoms with Crippen molar-refractivity contribution in [1.82, 2.24) is 14.8 Å². The fourth-order valence-corrected chi connectivity index (χ4v) is 4.29.